The Hall–Kier alpha value is -2.57. The van der Waals surface area contributed by atoms with Gasteiger partial charge in [-0.15, -0.1) is 0 Å². The minimum atomic E-state index is -0.348. The molecule has 0 spiro atoms. The molecule has 0 aliphatic carbocycles. The number of para-hydroxylation sites is 1. The molecule has 2 aromatic rings. The van der Waals surface area contributed by atoms with Gasteiger partial charge in [0.15, 0.2) is 6.61 Å². The molecule has 7 heteroatoms. The van der Waals surface area contributed by atoms with E-state index in [1.54, 1.807) is 53.4 Å². The fraction of sp³-hybridized carbons (Fsp3) is 0.333. The quantitative estimate of drug-likeness (QED) is 0.829. The average Bonchev–Trinajstić information content (AvgIpc) is 2.67. The summed E-state index contributed by atoms with van der Waals surface area (Å²) in [5.74, 6) is 0.0654. The van der Waals surface area contributed by atoms with Crippen molar-refractivity contribution in [3.05, 3.63) is 59.1 Å². The third kappa shape index (κ3) is 5.24. The van der Waals surface area contributed by atoms with Crippen molar-refractivity contribution in [3.8, 4) is 5.75 Å². The van der Waals surface area contributed by atoms with Gasteiger partial charge in [-0.1, -0.05) is 23.7 Å². The Kier molecular flexibility index (Phi) is 6.54. The number of nitrogens with one attached hydrogen (secondary N) is 1. The number of hydrogen-bond acceptors (Lipinski definition) is 4. The monoisotopic (exact) mass is 402 g/mol. The van der Waals surface area contributed by atoms with Crippen molar-refractivity contribution < 1.29 is 19.1 Å². The molecular weight excluding hydrogens is 380 g/mol. The van der Waals surface area contributed by atoms with Crippen LogP contribution in [0.5, 0.6) is 5.75 Å². The molecule has 28 heavy (non-hydrogen) atoms. The summed E-state index contributed by atoms with van der Waals surface area (Å²) in [5.41, 5.74) is 0.910. The number of halogens is 1. The summed E-state index contributed by atoms with van der Waals surface area (Å²) in [4.78, 5) is 27.0. The third-order valence-corrected chi connectivity index (χ3v) is 4.57. The second kappa shape index (κ2) is 9.08. The molecule has 2 aromatic carbocycles. The number of amides is 2. The molecule has 1 saturated heterocycles. The predicted octanol–water partition coefficient (Wildman–Crippen LogP) is 3.61. The van der Waals surface area contributed by atoms with E-state index in [0.717, 1.165) is 0 Å². The molecule has 6 nitrogen and oxygen atoms in total. The van der Waals surface area contributed by atoms with E-state index in [9.17, 15) is 9.59 Å². The van der Waals surface area contributed by atoms with Crippen LogP contribution in [0.25, 0.3) is 0 Å². The lowest BCUT2D eigenvalue weighted by Gasteiger charge is -2.35. The average molecular weight is 403 g/mol. The van der Waals surface area contributed by atoms with E-state index in [-0.39, 0.29) is 30.6 Å². The SMILES string of the molecule is C[C@@H]1CN(C(=O)c2ccccc2NC(=O)COc2ccc(Cl)cc2)C[C@H](C)O1. The van der Waals surface area contributed by atoms with Gasteiger partial charge in [0.1, 0.15) is 5.75 Å². The maximum Gasteiger partial charge on any atom is 0.262 e. The number of rotatable bonds is 5. The van der Waals surface area contributed by atoms with Gasteiger partial charge in [0.05, 0.1) is 23.5 Å². The summed E-state index contributed by atoms with van der Waals surface area (Å²) in [6, 6.07) is 13.7. The van der Waals surface area contributed by atoms with Crippen LogP contribution in [0.2, 0.25) is 5.02 Å². The Morgan fingerprint density at radius 3 is 2.43 bits per heavy atom. The van der Waals surface area contributed by atoms with E-state index in [0.29, 0.717) is 35.1 Å². The molecule has 1 aliphatic heterocycles. The van der Waals surface area contributed by atoms with E-state index in [1.165, 1.54) is 0 Å². The van der Waals surface area contributed by atoms with Crippen LogP contribution in [0.4, 0.5) is 5.69 Å². The zero-order valence-corrected chi connectivity index (χ0v) is 16.6. The Labute approximate surface area is 169 Å². The standard InChI is InChI=1S/C21H23ClN2O4/c1-14-11-24(12-15(2)28-14)21(26)18-5-3-4-6-19(18)23-20(25)13-27-17-9-7-16(22)8-10-17/h3-10,14-15H,11-13H2,1-2H3,(H,23,25)/t14-,15+. The summed E-state index contributed by atoms with van der Waals surface area (Å²) in [6.45, 7) is 4.75. The first-order chi connectivity index (χ1) is 13.4. The van der Waals surface area contributed by atoms with Crippen LogP contribution >= 0.6 is 11.6 Å². The molecule has 1 heterocycles. The molecule has 1 N–H and O–H groups in total. The zero-order valence-electron chi connectivity index (χ0n) is 15.9. The van der Waals surface area contributed by atoms with Gasteiger partial charge in [0.2, 0.25) is 0 Å². The van der Waals surface area contributed by atoms with Crippen LogP contribution in [-0.4, -0.2) is 48.6 Å². The highest BCUT2D eigenvalue weighted by atomic mass is 35.5. The van der Waals surface area contributed by atoms with Gasteiger partial charge >= 0.3 is 0 Å². The summed E-state index contributed by atoms with van der Waals surface area (Å²) < 4.78 is 11.1. The second-order valence-electron chi connectivity index (χ2n) is 6.80. The van der Waals surface area contributed by atoms with Crippen molar-refractivity contribution in [2.75, 3.05) is 25.0 Å². The zero-order chi connectivity index (χ0) is 20.1. The summed E-state index contributed by atoms with van der Waals surface area (Å²) in [7, 11) is 0. The van der Waals surface area contributed by atoms with Gasteiger partial charge in [-0.3, -0.25) is 9.59 Å². The number of hydrogen-bond donors (Lipinski definition) is 1. The second-order valence-corrected chi connectivity index (χ2v) is 7.24. The summed E-state index contributed by atoms with van der Waals surface area (Å²) in [6.07, 6.45) is -0.0514. The molecule has 3 rings (SSSR count). The van der Waals surface area contributed by atoms with Crippen molar-refractivity contribution in [3.63, 3.8) is 0 Å². The molecular formula is C21H23ClN2O4. The maximum atomic E-state index is 13.0. The van der Waals surface area contributed by atoms with Gasteiger partial charge in [0, 0.05) is 18.1 Å². The lowest BCUT2D eigenvalue weighted by atomic mass is 10.1. The van der Waals surface area contributed by atoms with Crippen LogP contribution in [-0.2, 0) is 9.53 Å². The molecule has 1 fully saturated rings. The topological polar surface area (TPSA) is 67.9 Å². The minimum Gasteiger partial charge on any atom is -0.484 e. The van der Waals surface area contributed by atoms with Gasteiger partial charge in [-0.2, -0.15) is 0 Å². The van der Waals surface area contributed by atoms with Gasteiger partial charge in [0.25, 0.3) is 11.8 Å². The Balaban J connectivity index is 1.65. The van der Waals surface area contributed by atoms with Gasteiger partial charge in [-0.05, 0) is 50.2 Å². The highest BCUT2D eigenvalue weighted by Crippen LogP contribution is 2.21. The number of carbonyl (C=O) groups excluding carboxylic acids is 2. The van der Waals surface area contributed by atoms with Gasteiger partial charge < -0.3 is 19.7 Å². The third-order valence-electron chi connectivity index (χ3n) is 4.32. The molecule has 0 unspecified atom stereocenters. The minimum absolute atomic E-state index is 0.0257. The predicted molar refractivity (Wildman–Crippen MR) is 108 cm³/mol. The normalized spacial score (nSPS) is 19.2. The van der Waals surface area contributed by atoms with E-state index in [1.807, 2.05) is 13.8 Å². The molecule has 2 atom stereocenters. The van der Waals surface area contributed by atoms with Crippen LogP contribution in [0.15, 0.2) is 48.5 Å². The molecule has 0 bridgehead atoms. The first-order valence-electron chi connectivity index (χ1n) is 9.14. The highest BCUT2D eigenvalue weighted by Gasteiger charge is 2.28. The van der Waals surface area contributed by atoms with Crippen molar-refractivity contribution in [2.45, 2.75) is 26.1 Å². The number of carbonyl (C=O) groups is 2. The van der Waals surface area contributed by atoms with Crippen LogP contribution < -0.4 is 10.1 Å². The van der Waals surface area contributed by atoms with E-state index < -0.39 is 0 Å². The van der Waals surface area contributed by atoms with Crippen molar-refractivity contribution in [1.29, 1.82) is 0 Å². The number of anilines is 1. The van der Waals surface area contributed by atoms with Crippen molar-refractivity contribution in [2.24, 2.45) is 0 Å². The lowest BCUT2D eigenvalue weighted by Crippen LogP contribution is -2.48. The molecule has 1 aliphatic rings. The largest absolute Gasteiger partial charge is 0.484 e. The maximum absolute atomic E-state index is 13.0. The highest BCUT2D eigenvalue weighted by molar-refractivity contribution is 6.30. The number of morpholine rings is 1. The first-order valence-corrected chi connectivity index (χ1v) is 9.52. The van der Waals surface area contributed by atoms with E-state index in [4.69, 9.17) is 21.1 Å². The fourth-order valence-corrected chi connectivity index (χ4v) is 3.28. The molecule has 0 radical (unpaired) electrons. The number of nitrogens with zero attached hydrogens (tertiary/aromatic N) is 1. The van der Waals surface area contributed by atoms with Crippen molar-refractivity contribution in [1.82, 2.24) is 4.90 Å². The van der Waals surface area contributed by atoms with Crippen molar-refractivity contribution >= 4 is 29.1 Å². The molecule has 148 valence electrons. The first kappa shape index (κ1) is 20.2. The van der Waals surface area contributed by atoms with E-state index >= 15 is 0 Å². The number of benzene rings is 2. The molecule has 0 saturated carbocycles. The van der Waals surface area contributed by atoms with Crippen LogP contribution in [0.1, 0.15) is 24.2 Å². The van der Waals surface area contributed by atoms with Crippen LogP contribution in [0.3, 0.4) is 0 Å². The molecule has 0 aromatic heterocycles. The number of ether oxygens (including phenoxy) is 2. The Morgan fingerprint density at radius 1 is 1.11 bits per heavy atom. The molecule has 2 amide bonds. The summed E-state index contributed by atoms with van der Waals surface area (Å²) in [5, 5.41) is 3.36. The van der Waals surface area contributed by atoms with Crippen LogP contribution in [0, 0.1) is 0 Å². The lowest BCUT2D eigenvalue weighted by molar-refractivity contribution is -0.118. The summed E-state index contributed by atoms with van der Waals surface area (Å²) >= 11 is 5.83. The van der Waals surface area contributed by atoms with E-state index in [2.05, 4.69) is 5.32 Å². The Morgan fingerprint density at radius 2 is 1.75 bits per heavy atom. The fourth-order valence-electron chi connectivity index (χ4n) is 3.16. The smallest absolute Gasteiger partial charge is 0.262 e. The Bertz CT molecular complexity index is 831. The van der Waals surface area contributed by atoms with Gasteiger partial charge in [-0.25, -0.2) is 0 Å².